The molecule has 0 aliphatic carbocycles. The number of carbonyl (C=O) groups excluding carboxylic acids is 1. The van der Waals surface area contributed by atoms with Gasteiger partial charge in [-0.05, 0) is 61.1 Å². The zero-order valence-electron chi connectivity index (χ0n) is 27.4. The van der Waals surface area contributed by atoms with Gasteiger partial charge in [0.2, 0.25) is 5.75 Å². The van der Waals surface area contributed by atoms with Gasteiger partial charge in [-0.15, -0.1) is 11.8 Å². The van der Waals surface area contributed by atoms with Crippen LogP contribution >= 0.6 is 11.8 Å². The Balaban J connectivity index is 1.73. The number of unbranched alkanes of at least 4 members (excludes halogenated alkanes) is 7. The lowest BCUT2D eigenvalue weighted by molar-refractivity contribution is -0.0382. The first-order valence-corrected chi connectivity index (χ1v) is 16.9. The fourth-order valence-electron chi connectivity index (χ4n) is 5.50. The maximum Gasteiger partial charge on any atom is 0.345 e. The summed E-state index contributed by atoms with van der Waals surface area (Å²) in [5.74, 6) is 2.87. The van der Waals surface area contributed by atoms with Gasteiger partial charge in [-0.2, -0.15) is 0 Å². The van der Waals surface area contributed by atoms with Crippen molar-refractivity contribution in [2.75, 3.05) is 46.9 Å². The van der Waals surface area contributed by atoms with Crippen LogP contribution in [0.5, 0.6) is 28.7 Å². The van der Waals surface area contributed by atoms with E-state index in [1.54, 1.807) is 28.4 Å². The largest absolute Gasteiger partial charge is 0.493 e. The third-order valence-corrected chi connectivity index (χ3v) is 9.57. The molecule has 2 atom stereocenters. The van der Waals surface area contributed by atoms with Gasteiger partial charge in [0.1, 0.15) is 0 Å². The molecule has 2 aromatic carbocycles. The summed E-state index contributed by atoms with van der Waals surface area (Å²) in [4.78, 5) is 13.0. The fraction of sp³-hybridized carbons (Fsp3) is 0.618. The van der Waals surface area contributed by atoms with Crippen LogP contribution in [0.15, 0.2) is 24.3 Å². The molecular formula is C34H52N2O7S. The maximum absolute atomic E-state index is 13.0. The van der Waals surface area contributed by atoms with Gasteiger partial charge in [0, 0.05) is 10.5 Å². The summed E-state index contributed by atoms with van der Waals surface area (Å²) >= 11 is 1.85. The minimum Gasteiger partial charge on any atom is -0.493 e. The van der Waals surface area contributed by atoms with Crippen LogP contribution < -0.4 is 29.0 Å². The molecule has 9 nitrogen and oxygen atoms in total. The Kier molecular flexibility index (Phi) is 15.1. The number of carbonyl (C=O) groups is 1. The molecule has 0 radical (unpaired) electrons. The molecule has 2 aromatic rings. The third-order valence-electron chi connectivity index (χ3n) is 7.90. The normalized spacial score (nSPS) is 16.0. The second-order valence-corrected chi connectivity index (χ2v) is 12.5. The Morgan fingerprint density at radius 2 is 1.30 bits per heavy atom. The van der Waals surface area contributed by atoms with E-state index in [9.17, 15) is 10.0 Å². The highest BCUT2D eigenvalue weighted by atomic mass is 32.2. The number of anilines is 1. The lowest BCUT2D eigenvalue weighted by Gasteiger charge is -2.22. The molecule has 1 aliphatic rings. The Hall–Kier alpha value is -2.98. The van der Waals surface area contributed by atoms with Gasteiger partial charge in [0.05, 0.1) is 47.3 Å². The van der Waals surface area contributed by atoms with Gasteiger partial charge in [0.25, 0.3) is 0 Å². The highest BCUT2D eigenvalue weighted by molar-refractivity contribution is 8.00. The van der Waals surface area contributed by atoms with Crippen LogP contribution in [0.4, 0.5) is 10.5 Å². The number of benzene rings is 2. The van der Waals surface area contributed by atoms with Crippen LogP contribution in [0.3, 0.4) is 0 Å². The van der Waals surface area contributed by atoms with E-state index in [0.717, 1.165) is 54.7 Å². The molecule has 1 aliphatic heterocycles. The summed E-state index contributed by atoms with van der Waals surface area (Å²) in [6.07, 6.45) is 11.8. The smallest absolute Gasteiger partial charge is 0.345 e. The third kappa shape index (κ3) is 9.76. The van der Waals surface area contributed by atoms with Crippen LogP contribution in [-0.2, 0) is 0 Å². The van der Waals surface area contributed by atoms with Gasteiger partial charge >= 0.3 is 6.03 Å². The quantitative estimate of drug-likeness (QED) is 0.0899. The number of amides is 2. The van der Waals surface area contributed by atoms with E-state index in [2.05, 4.69) is 12.2 Å². The summed E-state index contributed by atoms with van der Waals surface area (Å²) in [7, 11) is 6.45. The van der Waals surface area contributed by atoms with Crippen LogP contribution in [-0.4, -0.2) is 57.9 Å². The van der Waals surface area contributed by atoms with Crippen molar-refractivity contribution in [3.8, 4) is 28.7 Å². The van der Waals surface area contributed by atoms with E-state index < -0.39 is 6.03 Å². The molecule has 2 amide bonds. The molecule has 2 unspecified atom stereocenters. The highest BCUT2D eigenvalue weighted by Crippen LogP contribution is 2.56. The number of hydrogen-bond acceptors (Lipinski definition) is 8. The molecule has 246 valence electrons. The van der Waals surface area contributed by atoms with E-state index >= 15 is 0 Å². The zero-order valence-corrected chi connectivity index (χ0v) is 28.2. The SMILES string of the molecule is CCCCCCCCCCN(O)C(=O)Nc1cc(C2CCC(c3cc(OC)c(OC)c(OC)c3)S2)cc(OC)c1OCCC. The van der Waals surface area contributed by atoms with Crippen LogP contribution in [0.25, 0.3) is 0 Å². The molecule has 1 fully saturated rings. The van der Waals surface area contributed by atoms with Crippen molar-refractivity contribution in [1.29, 1.82) is 0 Å². The summed E-state index contributed by atoms with van der Waals surface area (Å²) in [6, 6.07) is 7.38. The average Bonchev–Trinajstić information content (AvgIpc) is 3.54. The average molecular weight is 633 g/mol. The van der Waals surface area contributed by atoms with Gasteiger partial charge in [-0.25, -0.2) is 9.86 Å². The van der Waals surface area contributed by atoms with Crippen molar-refractivity contribution < 1.29 is 33.7 Å². The van der Waals surface area contributed by atoms with E-state index in [0.29, 0.717) is 41.0 Å². The minimum atomic E-state index is -0.581. The molecule has 1 saturated heterocycles. The van der Waals surface area contributed by atoms with E-state index in [4.69, 9.17) is 23.7 Å². The Morgan fingerprint density at radius 3 is 1.82 bits per heavy atom. The molecule has 2 N–H and O–H groups in total. The molecule has 44 heavy (non-hydrogen) atoms. The van der Waals surface area contributed by atoms with Crippen molar-refractivity contribution in [2.45, 2.75) is 95.0 Å². The number of nitrogens with one attached hydrogen (secondary N) is 1. The number of ether oxygens (including phenoxy) is 5. The van der Waals surface area contributed by atoms with Crippen LogP contribution in [0, 0.1) is 0 Å². The maximum atomic E-state index is 13.0. The van der Waals surface area contributed by atoms with E-state index in [-0.39, 0.29) is 17.0 Å². The van der Waals surface area contributed by atoms with Gasteiger partial charge in [0.15, 0.2) is 23.0 Å². The first-order chi connectivity index (χ1) is 21.4. The molecule has 3 rings (SSSR count). The zero-order chi connectivity index (χ0) is 31.9. The van der Waals surface area contributed by atoms with Crippen molar-refractivity contribution in [2.24, 2.45) is 0 Å². The van der Waals surface area contributed by atoms with Crippen LogP contribution in [0.2, 0.25) is 0 Å². The number of thioether (sulfide) groups is 1. The Morgan fingerprint density at radius 1 is 0.773 bits per heavy atom. The predicted molar refractivity (Wildman–Crippen MR) is 177 cm³/mol. The Bertz CT molecular complexity index is 1150. The van der Waals surface area contributed by atoms with Crippen molar-refractivity contribution in [3.05, 3.63) is 35.4 Å². The molecule has 10 heteroatoms. The molecule has 0 spiro atoms. The van der Waals surface area contributed by atoms with Crippen LogP contribution in [0.1, 0.15) is 106 Å². The lowest BCUT2D eigenvalue weighted by Crippen LogP contribution is -2.33. The predicted octanol–water partition coefficient (Wildman–Crippen LogP) is 9.18. The number of hydrogen-bond donors (Lipinski definition) is 2. The number of nitrogens with zero attached hydrogens (tertiary/aromatic N) is 1. The standard InChI is InChI=1S/C34H52N2O7S/c1-7-9-10-11-12-13-14-15-18-36(38)34(37)35-26-20-24(21-27(39-3)32(26)43-19-8-2)30-16-17-31(44-30)25-22-28(40-4)33(42-6)29(23-25)41-5/h20-23,30-31,38H,7-19H2,1-6H3,(H,35,37). The minimum absolute atomic E-state index is 0.159. The monoisotopic (exact) mass is 632 g/mol. The molecule has 0 bridgehead atoms. The lowest BCUT2D eigenvalue weighted by atomic mass is 10.0. The van der Waals surface area contributed by atoms with Crippen molar-refractivity contribution in [1.82, 2.24) is 5.06 Å². The van der Waals surface area contributed by atoms with E-state index in [1.807, 2.05) is 43.0 Å². The number of rotatable bonds is 19. The van der Waals surface area contributed by atoms with Gasteiger partial charge < -0.3 is 29.0 Å². The van der Waals surface area contributed by atoms with Crippen molar-refractivity contribution >= 4 is 23.5 Å². The summed E-state index contributed by atoms with van der Waals surface area (Å²) in [5, 5.41) is 14.6. The summed E-state index contributed by atoms with van der Waals surface area (Å²) in [5.41, 5.74) is 2.62. The summed E-state index contributed by atoms with van der Waals surface area (Å²) < 4.78 is 28.4. The fourth-order valence-corrected chi connectivity index (χ4v) is 7.03. The second kappa shape index (κ2) is 18.7. The van der Waals surface area contributed by atoms with Gasteiger partial charge in [-0.1, -0.05) is 58.8 Å². The molecular weight excluding hydrogens is 580 g/mol. The summed E-state index contributed by atoms with van der Waals surface area (Å²) in [6.45, 7) is 4.99. The first-order valence-electron chi connectivity index (χ1n) is 16.0. The first kappa shape index (κ1) is 35.5. The number of urea groups is 1. The van der Waals surface area contributed by atoms with Crippen molar-refractivity contribution in [3.63, 3.8) is 0 Å². The number of methoxy groups -OCH3 is 4. The molecule has 0 saturated carbocycles. The second-order valence-electron chi connectivity index (χ2n) is 11.1. The van der Waals surface area contributed by atoms with E-state index in [1.165, 1.54) is 32.1 Å². The molecule has 0 aromatic heterocycles. The van der Waals surface area contributed by atoms with Gasteiger partial charge in [-0.3, -0.25) is 5.21 Å². The number of hydroxylamine groups is 2. The molecule has 1 heterocycles. The topological polar surface area (TPSA) is 98.7 Å². The Labute approximate surface area is 267 Å². The highest BCUT2D eigenvalue weighted by Gasteiger charge is 2.31.